The smallest absolute Gasteiger partial charge is 0.164 e. The van der Waals surface area contributed by atoms with Gasteiger partial charge in [0.05, 0.1) is 0 Å². The first-order valence-corrected chi connectivity index (χ1v) is 17.2. The van der Waals surface area contributed by atoms with E-state index in [2.05, 4.69) is 117 Å². The van der Waals surface area contributed by atoms with Crippen molar-refractivity contribution in [3.8, 4) is 33.9 Å². The second-order valence-corrected chi connectivity index (χ2v) is 12.9. The Morgan fingerprint density at radius 2 is 1.12 bits per heavy atom. The minimum absolute atomic E-state index is 0.640. The van der Waals surface area contributed by atoms with Crippen molar-refractivity contribution in [3.63, 3.8) is 0 Å². The van der Waals surface area contributed by atoms with Crippen molar-refractivity contribution < 1.29 is 4.42 Å². The molecule has 2 heterocycles. The quantitative estimate of drug-likeness (QED) is 0.167. The van der Waals surface area contributed by atoms with E-state index >= 15 is 0 Å². The summed E-state index contributed by atoms with van der Waals surface area (Å²) in [7, 11) is 0. The highest BCUT2D eigenvalue weighted by Crippen LogP contribution is 2.38. The van der Waals surface area contributed by atoms with Crippen LogP contribution in [0, 0.1) is 6.92 Å². The average Bonchev–Trinajstić information content (AvgIpc) is 3.58. The van der Waals surface area contributed by atoms with Gasteiger partial charge in [0.15, 0.2) is 17.5 Å². The molecule has 0 aliphatic carbocycles. The number of fused-ring (bicyclic) bond motifs is 5. The predicted molar refractivity (Wildman–Crippen MR) is 210 cm³/mol. The lowest BCUT2D eigenvalue weighted by atomic mass is 9.91. The lowest BCUT2D eigenvalue weighted by molar-refractivity contribution is 0.669. The number of hydrogen-bond donors (Lipinski definition) is 0. The third-order valence-electron chi connectivity index (χ3n) is 9.73. The van der Waals surface area contributed by atoms with E-state index < -0.39 is 0 Å². The highest BCUT2D eigenvalue weighted by Gasteiger charge is 2.20. The van der Waals surface area contributed by atoms with Gasteiger partial charge in [-0.1, -0.05) is 146 Å². The molecule has 0 aliphatic heterocycles. The van der Waals surface area contributed by atoms with Gasteiger partial charge >= 0.3 is 0 Å². The molecule has 2 aromatic heterocycles. The van der Waals surface area contributed by atoms with Crippen molar-refractivity contribution >= 4 is 43.9 Å². The third kappa shape index (κ3) is 5.57. The van der Waals surface area contributed by atoms with Crippen molar-refractivity contribution in [1.29, 1.82) is 0 Å². The number of furan rings is 1. The standard InChI is InChI=1S/C47H33N3O/c1-30-13-9-11-19-38(30)43(47-49-45(35-15-5-3-6-16-35)48-46(50-47)36-17-7-4-8-18-36)31(2)32-21-23-33(24-22-32)37-25-27-40-42(29-37)51-41-28-26-34-14-10-12-20-39(34)44(40)41/h3-29H,1-2H3/b43-31-. The van der Waals surface area contributed by atoms with Crippen LogP contribution in [-0.4, -0.2) is 15.0 Å². The number of allylic oxidation sites excluding steroid dienone is 1. The molecule has 0 saturated heterocycles. The third-order valence-corrected chi connectivity index (χ3v) is 9.73. The summed E-state index contributed by atoms with van der Waals surface area (Å²) in [5.74, 6) is 1.92. The summed E-state index contributed by atoms with van der Waals surface area (Å²) in [5, 5.41) is 4.72. The maximum Gasteiger partial charge on any atom is 0.164 e. The second kappa shape index (κ2) is 12.7. The largest absolute Gasteiger partial charge is 0.456 e. The van der Waals surface area contributed by atoms with E-state index in [1.165, 1.54) is 16.2 Å². The summed E-state index contributed by atoms with van der Waals surface area (Å²) in [6.07, 6.45) is 0. The summed E-state index contributed by atoms with van der Waals surface area (Å²) >= 11 is 0. The topological polar surface area (TPSA) is 51.8 Å². The molecule has 0 fully saturated rings. The number of nitrogens with zero attached hydrogens (tertiary/aromatic N) is 3. The van der Waals surface area contributed by atoms with E-state index in [1.807, 2.05) is 60.7 Å². The van der Waals surface area contributed by atoms with Crippen molar-refractivity contribution in [3.05, 3.63) is 186 Å². The molecule has 0 saturated carbocycles. The van der Waals surface area contributed by atoms with Gasteiger partial charge in [0, 0.05) is 27.5 Å². The minimum atomic E-state index is 0.640. The number of aromatic nitrogens is 3. The molecule has 0 atom stereocenters. The molecule has 0 spiro atoms. The molecule has 0 N–H and O–H groups in total. The van der Waals surface area contributed by atoms with Gasteiger partial charge in [0.2, 0.25) is 0 Å². The summed E-state index contributed by atoms with van der Waals surface area (Å²) < 4.78 is 6.38. The summed E-state index contributed by atoms with van der Waals surface area (Å²) in [6, 6.07) is 56.7. The summed E-state index contributed by atoms with van der Waals surface area (Å²) in [5.41, 5.74) is 11.3. The fraction of sp³-hybridized carbons (Fsp3) is 0.0426. The molecule has 0 radical (unpaired) electrons. The van der Waals surface area contributed by atoms with Gasteiger partial charge in [0.25, 0.3) is 0 Å². The van der Waals surface area contributed by atoms with Crippen LogP contribution in [0.1, 0.15) is 29.4 Å². The molecule has 0 amide bonds. The zero-order chi connectivity index (χ0) is 34.3. The van der Waals surface area contributed by atoms with E-state index in [-0.39, 0.29) is 0 Å². The maximum atomic E-state index is 6.38. The molecule has 4 heteroatoms. The lowest BCUT2D eigenvalue weighted by Crippen LogP contribution is -2.06. The number of aryl methyl sites for hydroxylation is 1. The molecule has 51 heavy (non-hydrogen) atoms. The van der Waals surface area contributed by atoms with Crippen LogP contribution in [0.2, 0.25) is 0 Å². The Balaban J connectivity index is 1.17. The molecule has 242 valence electrons. The molecule has 4 nitrogen and oxygen atoms in total. The van der Waals surface area contributed by atoms with E-state index in [0.717, 1.165) is 66.6 Å². The zero-order valence-corrected chi connectivity index (χ0v) is 28.3. The van der Waals surface area contributed by atoms with E-state index in [0.29, 0.717) is 17.5 Å². The van der Waals surface area contributed by atoms with Gasteiger partial charge in [0.1, 0.15) is 11.2 Å². The summed E-state index contributed by atoms with van der Waals surface area (Å²) in [4.78, 5) is 15.2. The first-order valence-electron chi connectivity index (χ1n) is 17.2. The first kappa shape index (κ1) is 30.4. The Morgan fingerprint density at radius 1 is 0.490 bits per heavy atom. The number of benzene rings is 7. The Kier molecular flexibility index (Phi) is 7.55. The SMILES string of the molecule is C/C(=C(/c1nc(-c2ccccc2)nc(-c2ccccc2)n1)c1ccccc1C)c1ccc(-c2ccc3c(c2)oc2ccc4ccccc4c23)cc1. The Hall–Kier alpha value is -6.65. The van der Waals surface area contributed by atoms with Gasteiger partial charge in [-0.15, -0.1) is 0 Å². The fourth-order valence-corrected chi connectivity index (χ4v) is 7.05. The van der Waals surface area contributed by atoms with E-state index in [4.69, 9.17) is 19.4 Å². The summed E-state index contributed by atoms with van der Waals surface area (Å²) in [6.45, 7) is 4.30. The second-order valence-electron chi connectivity index (χ2n) is 12.9. The van der Waals surface area contributed by atoms with Crippen LogP contribution in [0.15, 0.2) is 168 Å². The maximum absolute atomic E-state index is 6.38. The van der Waals surface area contributed by atoms with Gasteiger partial charge < -0.3 is 4.42 Å². The highest BCUT2D eigenvalue weighted by atomic mass is 16.3. The van der Waals surface area contributed by atoms with Crippen LogP contribution < -0.4 is 0 Å². The van der Waals surface area contributed by atoms with Crippen molar-refractivity contribution in [2.24, 2.45) is 0 Å². The molecular weight excluding hydrogens is 623 g/mol. The van der Waals surface area contributed by atoms with Gasteiger partial charge in [-0.3, -0.25) is 0 Å². The van der Waals surface area contributed by atoms with Crippen LogP contribution in [0.4, 0.5) is 0 Å². The Morgan fingerprint density at radius 3 is 1.82 bits per heavy atom. The minimum Gasteiger partial charge on any atom is -0.456 e. The van der Waals surface area contributed by atoms with Crippen molar-refractivity contribution in [2.45, 2.75) is 13.8 Å². The molecule has 0 bridgehead atoms. The fourth-order valence-electron chi connectivity index (χ4n) is 7.05. The number of rotatable bonds is 6. The molecular formula is C47H33N3O. The average molecular weight is 656 g/mol. The number of hydrogen-bond acceptors (Lipinski definition) is 4. The van der Waals surface area contributed by atoms with Crippen molar-refractivity contribution in [2.75, 3.05) is 0 Å². The van der Waals surface area contributed by atoms with Crippen LogP contribution in [0.5, 0.6) is 0 Å². The molecule has 0 aliphatic rings. The molecule has 9 aromatic rings. The highest BCUT2D eigenvalue weighted by molar-refractivity contribution is 6.19. The van der Waals surface area contributed by atoms with Gasteiger partial charge in [-0.2, -0.15) is 0 Å². The van der Waals surface area contributed by atoms with E-state index in [9.17, 15) is 0 Å². The Labute approximate surface area is 296 Å². The first-order chi connectivity index (χ1) is 25.1. The van der Waals surface area contributed by atoms with Gasteiger partial charge in [-0.25, -0.2) is 15.0 Å². The van der Waals surface area contributed by atoms with E-state index in [1.54, 1.807) is 0 Å². The lowest BCUT2D eigenvalue weighted by Gasteiger charge is -2.17. The Bertz CT molecular complexity index is 2690. The monoisotopic (exact) mass is 655 g/mol. The zero-order valence-electron chi connectivity index (χ0n) is 28.3. The molecule has 9 rings (SSSR count). The molecule has 7 aromatic carbocycles. The normalized spacial score (nSPS) is 12.0. The van der Waals surface area contributed by atoms with Crippen LogP contribution in [-0.2, 0) is 0 Å². The van der Waals surface area contributed by atoms with Crippen molar-refractivity contribution in [1.82, 2.24) is 15.0 Å². The molecule has 0 unspecified atom stereocenters. The van der Waals surface area contributed by atoms with Gasteiger partial charge in [-0.05, 0) is 76.2 Å². The van der Waals surface area contributed by atoms with Crippen LogP contribution in [0.25, 0.3) is 77.8 Å². The van der Waals surface area contributed by atoms with Crippen LogP contribution >= 0.6 is 0 Å². The predicted octanol–water partition coefficient (Wildman–Crippen LogP) is 12.2. The van der Waals surface area contributed by atoms with Crippen LogP contribution in [0.3, 0.4) is 0 Å².